The van der Waals surface area contributed by atoms with Gasteiger partial charge < -0.3 is 25.0 Å². The number of likely N-dealkylation sites (N-methyl/N-ethyl adjacent to an activating group) is 1. The number of guanidine groups is 1. The lowest BCUT2D eigenvalue weighted by atomic mass is 10.0. The van der Waals surface area contributed by atoms with Crippen LogP contribution < -0.4 is 20.1 Å². The molecule has 2 aromatic carbocycles. The Morgan fingerprint density at radius 3 is 2.25 bits per heavy atom. The number of nitrogens with zero attached hydrogens (tertiary/aromatic N) is 2. The van der Waals surface area contributed by atoms with E-state index in [1.165, 1.54) is 11.1 Å². The Kier molecular flexibility index (Phi) is 8.14. The van der Waals surface area contributed by atoms with E-state index in [1.807, 2.05) is 18.2 Å². The molecule has 0 radical (unpaired) electrons. The summed E-state index contributed by atoms with van der Waals surface area (Å²) >= 11 is 0. The van der Waals surface area contributed by atoms with Crippen LogP contribution in [0.2, 0.25) is 0 Å². The highest BCUT2D eigenvalue weighted by molar-refractivity contribution is 5.93. The Morgan fingerprint density at radius 2 is 1.71 bits per heavy atom. The molecular formula is C22H32N4O2. The molecule has 0 fully saturated rings. The molecule has 0 aliphatic rings. The number of ether oxygens (including phenoxy) is 2. The lowest BCUT2D eigenvalue weighted by Gasteiger charge is -2.26. The summed E-state index contributed by atoms with van der Waals surface area (Å²) < 4.78 is 10.7. The van der Waals surface area contributed by atoms with Gasteiger partial charge in [0, 0.05) is 25.3 Å². The molecule has 0 aliphatic heterocycles. The second-order valence-corrected chi connectivity index (χ2v) is 6.72. The molecule has 1 unspecified atom stereocenters. The smallest absolute Gasteiger partial charge is 0.195 e. The van der Waals surface area contributed by atoms with Crippen molar-refractivity contribution in [2.45, 2.75) is 19.4 Å². The van der Waals surface area contributed by atoms with Crippen molar-refractivity contribution in [2.75, 3.05) is 47.2 Å². The molecule has 2 N–H and O–H groups in total. The third kappa shape index (κ3) is 5.63. The molecule has 2 aromatic rings. The molecule has 152 valence electrons. The van der Waals surface area contributed by atoms with Gasteiger partial charge in [-0.1, -0.05) is 31.2 Å². The fourth-order valence-electron chi connectivity index (χ4n) is 3.00. The first-order valence-electron chi connectivity index (χ1n) is 9.47. The van der Waals surface area contributed by atoms with Gasteiger partial charge in [0.25, 0.3) is 0 Å². The van der Waals surface area contributed by atoms with Gasteiger partial charge in [-0.2, -0.15) is 0 Å². The number of hydrogen-bond donors (Lipinski definition) is 2. The summed E-state index contributed by atoms with van der Waals surface area (Å²) in [5, 5.41) is 6.72. The van der Waals surface area contributed by atoms with Crippen molar-refractivity contribution in [3.63, 3.8) is 0 Å². The molecule has 0 spiro atoms. The van der Waals surface area contributed by atoms with Gasteiger partial charge in [-0.05, 0) is 43.8 Å². The van der Waals surface area contributed by atoms with Crippen LogP contribution in [0.4, 0.5) is 5.69 Å². The average Bonchev–Trinajstić information content (AvgIpc) is 2.73. The lowest BCUT2D eigenvalue weighted by Crippen LogP contribution is -2.38. The van der Waals surface area contributed by atoms with Crippen LogP contribution in [0.25, 0.3) is 0 Å². The predicted molar refractivity (Wildman–Crippen MR) is 117 cm³/mol. The monoisotopic (exact) mass is 384 g/mol. The molecule has 0 aromatic heterocycles. The van der Waals surface area contributed by atoms with E-state index in [4.69, 9.17) is 9.47 Å². The number of hydrogen-bond acceptors (Lipinski definition) is 4. The van der Waals surface area contributed by atoms with Gasteiger partial charge in [0.15, 0.2) is 17.5 Å². The Labute approximate surface area is 168 Å². The summed E-state index contributed by atoms with van der Waals surface area (Å²) in [7, 11) is 9.19. The highest BCUT2D eigenvalue weighted by atomic mass is 16.5. The summed E-state index contributed by atoms with van der Waals surface area (Å²) in [5.74, 6) is 2.06. The van der Waals surface area contributed by atoms with Crippen molar-refractivity contribution in [1.82, 2.24) is 10.2 Å². The van der Waals surface area contributed by atoms with Gasteiger partial charge in [0.05, 0.1) is 20.3 Å². The molecule has 2 rings (SSSR count). The van der Waals surface area contributed by atoms with Crippen molar-refractivity contribution >= 4 is 11.6 Å². The van der Waals surface area contributed by atoms with Crippen molar-refractivity contribution < 1.29 is 9.47 Å². The highest BCUT2D eigenvalue weighted by Gasteiger charge is 2.15. The van der Waals surface area contributed by atoms with Crippen LogP contribution >= 0.6 is 0 Å². The van der Waals surface area contributed by atoms with E-state index in [-0.39, 0.29) is 6.04 Å². The van der Waals surface area contributed by atoms with E-state index in [2.05, 4.69) is 65.8 Å². The zero-order valence-electron chi connectivity index (χ0n) is 17.7. The van der Waals surface area contributed by atoms with E-state index in [0.717, 1.165) is 18.7 Å². The lowest BCUT2D eigenvalue weighted by molar-refractivity contribution is 0.298. The second kappa shape index (κ2) is 10.6. The van der Waals surface area contributed by atoms with Crippen molar-refractivity contribution in [1.29, 1.82) is 0 Å². The molecule has 0 heterocycles. The number of benzene rings is 2. The number of rotatable bonds is 8. The minimum atomic E-state index is 0.231. The zero-order chi connectivity index (χ0) is 20.5. The third-order valence-electron chi connectivity index (χ3n) is 4.73. The van der Waals surface area contributed by atoms with Gasteiger partial charge >= 0.3 is 0 Å². The standard InChI is InChI=1S/C22H32N4O2/c1-7-16-8-10-17(11-9-16)19(26(3)4)15-24-22(23-2)25-18-12-13-20(27-5)21(14-18)28-6/h8-14,19H,7,15H2,1-6H3,(H2,23,24,25). The molecular weight excluding hydrogens is 352 g/mol. The fraction of sp³-hybridized carbons (Fsp3) is 0.409. The van der Waals surface area contributed by atoms with Crippen molar-refractivity contribution in [3.05, 3.63) is 53.6 Å². The summed E-state index contributed by atoms with van der Waals surface area (Å²) in [5.41, 5.74) is 3.50. The van der Waals surface area contributed by atoms with Crippen LogP contribution in [0.3, 0.4) is 0 Å². The maximum atomic E-state index is 5.37. The van der Waals surface area contributed by atoms with Gasteiger partial charge in [-0.3, -0.25) is 4.99 Å². The largest absolute Gasteiger partial charge is 0.493 e. The van der Waals surface area contributed by atoms with Gasteiger partial charge in [-0.25, -0.2) is 0 Å². The topological polar surface area (TPSA) is 58.1 Å². The van der Waals surface area contributed by atoms with Crippen LogP contribution in [-0.4, -0.2) is 52.8 Å². The third-order valence-corrected chi connectivity index (χ3v) is 4.73. The molecule has 0 saturated heterocycles. The summed E-state index contributed by atoms with van der Waals surface area (Å²) in [6, 6.07) is 14.7. The molecule has 0 bridgehead atoms. The maximum Gasteiger partial charge on any atom is 0.195 e. The van der Waals surface area contributed by atoms with E-state index in [9.17, 15) is 0 Å². The van der Waals surface area contributed by atoms with E-state index >= 15 is 0 Å². The minimum Gasteiger partial charge on any atom is -0.493 e. The highest BCUT2D eigenvalue weighted by Crippen LogP contribution is 2.29. The predicted octanol–water partition coefficient (Wildman–Crippen LogP) is 3.56. The van der Waals surface area contributed by atoms with Crippen LogP contribution in [0.1, 0.15) is 24.1 Å². The van der Waals surface area contributed by atoms with Crippen molar-refractivity contribution in [2.24, 2.45) is 4.99 Å². The Hall–Kier alpha value is -2.73. The van der Waals surface area contributed by atoms with E-state index in [0.29, 0.717) is 17.5 Å². The normalized spacial score (nSPS) is 12.6. The SMILES string of the molecule is CCc1ccc(C(CNC(=NC)Nc2ccc(OC)c(OC)c2)N(C)C)cc1. The minimum absolute atomic E-state index is 0.231. The average molecular weight is 385 g/mol. The van der Waals surface area contributed by atoms with Crippen LogP contribution in [0.15, 0.2) is 47.5 Å². The van der Waals surface area contributed by atoms with Gasteiger partial charge in [0.1, 0.15) is 0 Å². The molecule has 6 nitrogen and oxygen atoms in total. The van der Waals surface area contributed by atoms with Crippen molar-refractivity contribution in [3.8, 4) is 11.5 Å². The van der Waals surface area contributed by atoms with Crippen LogP contribution in [0.5, 0.6) is 11.5 Å². The van der Waals surface area contributed by atoms with Crippen LogP contribution in [0, 0.1) is 0 Å². The van der Waals surface area contributed by atoms with E-state index in [1.54, 1.807) is 21.3 Å². The first kappa shape index (κ1) is 21.6. The van der Waals surface area contributed by atoms with Gasteiger partial charge in [-0.15, -0.1) is 0 Å². The zero-order valence-corrected chi connectivity index (χ0v) is 17.7. The first-order valence-corrected chi connectivity index (χ1v) is 9.47. The Bertz CT molecular complexity index is 773. The maximum absolute atomic E-state index is 5.37. The van der Waals surface area contributed by atoms with Gasteiger partial charge in [0.2, 0.25) is 0 Å². The Balaban J connectivity index is 2.06. The first-order chi connectivity index (χ1) is 13.5. The summed E-state index contributed by atoms with van der Waals surface area (Å²) in [4.78, 5) is 6.54. The molecule has 1 atom stereocenters. The quantitative estimate of drug-likeness (QED) is 0.538. The summed E-state index contributed by atoms with van der Waals surface area (Å²) in [6.45, 7) is 2.90. The molecule has 0 aliphatic carbocycles. The molecule has 0 amide bonds. The second-order valence-electron chi connectivity index (χ2n) is 6.72. The Morgan fingerprint density at radius 1 is 1.04 bits per heavy atom. The number of aryl methyl sites for hydroxylation is 1. The van der Waals surface area contributed by atoms with Crippen LogP contribution in [-0.2, 0) is 6.42 Å². The number of aliphatic imine (C=N–C) groups is 1. The summed E-state index contributed by atoms with van der Waals surface area (Å²) in [6.07, 6.45) is 1.05. The fourth-order valence-corrected chi connectivity index (χ4v) is 3.00. The molecule has 0 saturated carbocycles. The van der Waals surface area contributed by atoms with E-state index < -0.39 is 0 Å². The number of nitrogens with one attached hydrogen (secondary N) is 2. The number of methoxy groups -OCH3 is 2. The molecule has 6 heteroatoms. The molecule has 28 heavy (non-hydrogen) atoms. The number of anilines is 1.